The third-order valence-corrected chi connectivity index (χ3v) is 3.82. The molecular weight excluding hydrogens is 330 g/mol. The number of carbonyl (C=O) groups is 1. The highest BCUT2D eigenvalue weighted by Gasteiger charge is 2.24. The number of alkyl halides is 2. The molecule has 0 atom stereocenters. The van der Waals surface area contributed by atoms with E-state index >= 15 is 0 Å². The highest BCUT2D eigenvalue weighted by atomic mass is 35.5. The third-order valence-electron chi connectivity index (χ3n) is 3.82. The summed E-state index contributed by atoms with van der Waals surface area (Å²) in [5, 5.41) is 3.19. The van der Waals surface area contributed by atoms with Crippen LogP contribution in [-0.4, -0.2) is 50.7 Å². The second-order valence-corrected chi connectivity index (χ2v) is 5.10. The number of piperidine rings is 1. The van der Waals surface area contributed by atoms with Crippen LogP contribution in [0.5, 0.6) is 11.5 Å². The number of amides is 1. The molecule has 1 fully saturated rings. The number of nitrogens with one attached hydrogen (secondary N) is 1. The van der Waals surface area contributed by atoms with Gasteiger partial charge < -0.3 is 19.7 Å². The van der Waals surface area contributed by atoms with E-state index in [9.17, 15) is 13.6 Å². The Morgan fingerprint density at radius 1 is 1.30 bits per heavy atom. The lowest BCUT2D eigenvalue weighted by Crippen LogP contribution is -2.43. The number of methoxy groups -OCH3 is 1. The predicted molar refractivity (Wildman–Crippen MR) is 84.9 cm³/mol. The Morgan fingerprint density at radius 3 is 2.48 bits per heavy atom. The first-order chi connectivity index (χ1) is 10.5. The minimum atomic E-state index is -2.97. The van der Waals surface area contributed by atoms with E-state index in [2.05, 4.69) is 10.1 Å². The zero-order valence-corrected chi connectivity index (χ0v) is 13.9. The predicted octanol–water partition coefficient (Wildman–Crippen LogP) is 2.54. The average molecular weight is 351 g/mol. The molecule has 0 spiro atoms. The molecule has 1 aliphatic rings. The first kappa shape index (κ1) is 19.4. The van der Waals surface area contributed by atoms with Crippen molar-refractivity contribution in [3.05, 3.63) is 23.8 Å². The van der Waals surface area contributed by atoms with Crippen molar-refractivity contribution in [2.45, 2.75) is 25.5 Å². The molecule has 1 heterocycles. The molecule has 0 saturated carbocycles. The van der Waals surface area contributed by atoms with Crippen molar-refractivity contribution in [1.29, 1.82) is 0 Å². The fourth-order valence-electron chi connectivity index (χ4n) is 2.55. The molecule has 1 amide bonds. The maximum atomic E-state index is 12.5. The summed E-state index contributed by atoms with van der Waals surface area (Å²) in [6, 6.07) is 4.74. The van der Waals surface area contributed by atoms with Crippen LogP contribution >= 0.6 is 12.4 Å². The van der Waals surface area contributed by atoms with Gasteiger partial charge in [0.1, 0.15) is 0 Å². The largest absolute Gasteiger partial charge is 0.493 e. The van der Waals surface area contributed by atoms with Gasteiger partial charge in [-0.15, -0.1) is 12.4 Å². The SMILES string of the molecule is CNC1CCN(C(=O)c2ccc(OC)c(OC(F)F)c2)CC1.Cl. The molecule has 0 radical (unpaired) electrons. The zero-order valence-electron chi connectivity index (χ0n) is 13.1. The number of nitrogens with zero attached hydrogens (tertiary/aromatic N) is 1. The van der Waals surface area contributed by atoms with Gasteiger partial charge in [-0.25, -0.2) is 0 Å². The average Bonchev–Trinajstić information content (AvgIpc) is 2.53. The third kappa shape index (κ3) is 4.94. The molecule has 1 aliphatic heterocycles. The van der Waals surface area contributed by atoms with Crippen molar-refractivity contribution in [1.82, 2.24) is 10.2 Å². The summed E-state index contributed by atoms with van der Waals surface area (Å²) in [4.78, 5) is 14.2. The Morgan fingerprint density at radius 2 is 1.96 bits per heavy atom. The summed E-state index contributed by atoms with van der Waals surface area (Å²) < 4.78 is 34.2. The highest BCUT2D eigenvalue weighted by Crippen LogP contribution is 2.30. The van der Waals surface area contributed by atoms with Crippen molar-refractivity contribution in [2.24, 2.45) is 0 Å². The lowest BCUT2D eigenvalue weighted by molar-refractivity contribution is -0.0512. The monoisotopic (exact) mass is 350 g/mol. The molecule has 0 unspecified atom stereocenters. The number of ether oxygens (including phenoxy) is 2. The normalized spacial score (nSPS) is 15.3. The van der Waals surface area contributed by atoms with Gasteiger partial charge in [0.15, 0.2) is 11.5 Å². The van der Waals surface area contributed by atoms with Crippen LogP contribution in [0.25, 0.3) is 0 Å². The molecule has 8 heteroatoms. The fraction of sp³-hybridized carbons (Fsp3) is 0.533. The van der Waals surface area contributed by atoms with Crippen LogP contribution < -0.4 is 14.8 Å². The molecule has 1 aromatic carbocycles. The van der Waals surface area contributed by atoms with E-state index in [4.69, 9.17) is 4.74 Å². The van der Waals surface area contributed by atoms with Gasteiger partial charge in [0.25, 0.3) is 5.91 Å². The summed E-state index contributed by atoms with van der Waals surface area (Å²) in [5.74, 6) is -0.143. The highest BCUT2D eigenvalue weighted by molar-refractivity contribution is 5.95. The lowest BCUT2D eigenvalue weighted by Gasteiger charge is -2.32. The molecule has 2 rings (SSSR count). The fourth-order valence-corrected chi connectivity index (χ4v) is 2.55. The summed E-state index contributed by atoms with van der Waals surface area (Å²) in [6.07, 6.45) is 1.75. The Bertz CT molecular complexity index is 523. The van der Waals surface area contributed by atoms with Gasteiger partial charge in [-0.3, -0.25) is 4.79 Å². The summed E-state index contributed by atoms with van der Waals surface area (Å²) in [7, 11) is 3.26. The molecule has 23 heavy (non-hydrogen) atoms. The molecular formula is C15H21ClF2N2O3. The number of benzene rings is 1. The maximum absolute atomic E-state index is 12.5. The van der Waals surface area contributed by atoms with E-state index in [0.717, 1.165) is 12.8 Å². The molecule has 1 aromatic rings. The standard InChI is InChI=1S/C15H20F2N2O3.ClH/c1-18-11-5-7-19(8-6-11)14(20)10-3-4-12(21-2)13(9-10)22-15(16)17;/h3-4,9,11,15,18H,5-8H2,1-2H3;1H. The van der Waals surface area contributed by atoms with Crippen LogP contribution in [0.1, 0.15) is 23.2 Å². The van der Waals surface area contributed by atoms with Gasteiger partial charge in [-0.1, -0.05) is 0 Å². The van der Waals surface area contributed by atoms with Gasteiger partial charge in [-0.05, 0) is 38.1 Å². The Hall–Kier alpha value is -1.60. The van der Waals surface area contributed by atoms with Crippen LogP contribution in [0.3, 0.4) is 0 Å². The van der Waals surface area contributed by atoms with Crippen LogP contribution in [0.15, 0.2) is 18.2 Å². The smallest absolute Gasteiger partial charge is 0.387 e. The number of carbonyl (C=O) groups excluding carboxylic acids is 1. The summed E-state index contributed by atoms with van der Waals surface area (Å²) in [5.41, 5.74) is 0.319. The topological polar surface area (TPSA) is 50.8 Å². The number of hydrogen-bond donors (Lipinski definition) is 1. The molecule has 130 valence electrons. The van der Waals surface area contributed by atoms with E-state index in [1.54, 1.807) is 11.0 Å². The van der Waals surface area contributed by atoms with Crippen LogP contribution in [0.2, 0.25) is 0 Å². The molecule has 1 saturated heterocycles. The van der Waals surface area contributed by atoms with Crippen LogP contribution in [0, 0.1) is 0 Å². The minimum Gasteiger partial charge on any atom is -0.493 e. The van der Waals surface area contributed by atoms with E-state index in [1.165, 1.54) is 19.2 Å². The molecule has 0 aromatic heterocycles. The summed E-state index contributed by atoms with van der Waals surface area (Å²) >= 11 is 0. The maximum Gasteiger partial charge on any atom is 0.387 e. The quantitative estimate of drug-likeness (QED) is 0.886. The summed E-state index contributed by atoms with van der Waals surface area (Å²) in [6.45, 7) is -1.69. The van der Waals surface area contributed by atoms with Crippen molar-refractivity contribution < 1.29 is 23.0 Å². The van der Waals surface area contributed by atoms with E-state index < -0.39 is 6.61 Å². The molecule has 5 nitrogen and oxygen atoms in total. The van der Waals surface area contributed by atoms with Crippen molar-refractivity contribution in [3.63, 3.8) is 0 Å². The first-order valence-corrected chi connectivity index (χ1v) is 7.14. The number of halogens is 3. The second kappa shape index (κ2) is 8.88. The zero-order chi connectivity index (χ0) is 16.1. The van der Waals surface area contributed by atoms with E-state index in [0.29, 0.717) is 24.7 Å². The number of rotatable bonds is 5. The second-order valence-electron chi connectivity index (χ2n) is 5.10. The van der Waals surface area contributed by atoms with Crippen LogP contribution in [0.4, 0.5) is 8.78 Å². The van der Waals surface area contributed by atoms with Crippen molar-refractivity contribution in [2.75, 3.05) is 27.2 Å². The minimum absolute atomic E-state index is 0. The van der Waals surface area contributed by atoms with E-state index in [-0.39, 0.29) is 29.8 Å². The Labute approximate surface area is 140 Å². The van der Waals surface area contributed by atoms with Gasteiger partial charge in [0, 0.05) is 24.7 Å². The van der Waals surface area contributed by atoms with Crippen molar-refractivity contribution >= 4 is 18.3 Å². The van der Waals surface area contributed by atoms with Gasteiger partial charge in [0.2, 0.25) is 0 Å². The molecule has 0 aliphatic carbocycles. The number of hydrogen-bond acceptors (Lipinski definition) is 4. The van der Waals surface area contributed by atoms with Gasteiger partial charge in [0.05, 0.1) is 7.11 Å². The molecule has 0 bridgehead atoms. The molecule has 1 N–H and O–H groups in total. The van der Waals surface area contributed by atoms with Gasteiger partial charge >= 0.3 is 6.61 Å². The van der Waals surface area contributed by atoms with Crippen LogP contribution in [-0.2, 0) is 0 Å². The lowest BCUT2D eigenvalue weighted by atomic mass is 10.0. The van der Waals surface area contributed by atoms with Gasteiger partial charge in [-0.2, -0.15) is 8.78 Å². The Balaban J connectivity index is 0.00000264. The van der Waals surface area contributed by atoms with Crippen molar-refractivity contribution in [3.8, 4) is 11.5 Å². The van der Waals surface area contributed by atoms with E-state index in [1.807, 2.05) is 7.05 Å². The number of likely N-dealkylation sites (tertiary alicyclic amines) is 1. The Kier molecular flexibility index (Phi) is 7.51. The first-order valence-electron chi connectivity index (χ1n) is 7.14.